The number of rotatable bonds is 4. The number of aliphatic hydroxyl groups excluding tert-OH is 1. The third kappa shape index (κ3) is 5.14. The second-order valence-electron chi connectivity index (χ2n) is 5.36. The van der Waals surface area contributed by atoms with Crippen LogP contribution in [0.25, 0.3) is 0 Å². The van der Waals surface area contributed by atoms with Crippen LogP contribution in [-0.4, -0.2) is 60.8 Å². The third-order valence-electron chi connectivity index (χ3n) is 3.83. The van der Waals surface area contributed by atoms with E-state index < -0.39 is 0 Å². The van der Waals surface area contributed by atoms with E-state index in [1.807, 2.05) is 6.07 Å². The van der Waals surface area contributed by atoms with E-state index in [9.17, 15) is 0 Å². The fourth-order valence-corrected chi connectivity index (χ4v) is 2.71. The van der Waals surface area contributed by atoms with Gasteiger partial charge in [0, 0.05) is 31.7 Å². The Morgan fingerprint density at radius 1 is 1.10 bits per heavy atom. The number of nitrogens with zero attached hydrogens (tertiary/aromatic N) is 2. The second-order valence-corrected chi connectivity index (χ2v) is 5.36. The van der Waals surface area contributed by atoms with Crippen molar-refractivity contribution >= 4 is 0 Å². The van der Waals surface area contributed by atoms with Crippen molar-refractivity contribution in [2.45, 2.75) is 13.0 Å². The van der Waals surface area contributed by atoms with Gasteiger partial charge in [0.1, 0.15) is 0 Å². The molecule has 0 aliphatic carbocycles. The summed E-state index contributed by atoms with van der Waals surface area (Å²) in [6, 6.07) is 8.30. The molecule has 0 radical (unpaired) electrons. The highest BCUT2D eigenvalue weighted by atomic mass is 16.3. The summed E-state index contributed by atoms with van der Waals surface area (Å²) in [5.41, 5.74) is 7.82. The number of β-amino-alcohol motifs (C(OH)–C–C–N with tert-alkyl or cyclic N) is 1. The van der Waals surface area contributed by atoms with Crippen molar-refractivity contribution in [3.63, 3.8) is 0 Å². The van der Waals surface area contributed by atoms with Crippen LogP contribution in [0.1, 0.15) is 17.5 Å². The van der Waals surface area contributed by atoms with Gasteiger partial charge in [-0.15, -0.1) is 0 Å². The van der Waals surface area contributed by atoms with Crippen LogP contribution in [0.2, 0.25) is 0 Å². The molecule has 21 heavy (non-hydrogen) atoms. The van der Waals surface area contributed by atoms with Crippen LogP contribution >= 0.6 is 0 Å². The molecule has 3 N–H and O–H groups in total. The van der Waals surface area contributed by atoms with Gasteiger partial charge in [0.15, 0.2) is 0 Å². The van der Waals surface area contributed by atoms with E-state index in [1.165, 1.54) is 5.56 Å². The van der Waals surface area contributed by atoms with E-state index in [4.69, 9.17) is 10.8 Å². The van der Waals surface area contributed by atoms with Gasteiger partial charge in [-0.25, -0.2) is 0 Å². The average Bonchev–Trinajstić information content (AvgIpc) is 2.72. The third-order valence-corrected chi connectivity index (χ3v) is 3.83. The summed E-state index contributed by atoms with van der Waals surface area (Å²) in [5, 5.41) is 9.05. The molecule has 0 amide bonds. The molecule has 0 aromatic heterocycles. The molecule has 1 saturated heterocycles. The first kappa shape index (κ1) is 16.0. The highest BCUT2D eigenvalue weighted by Crippen LogP contribution is 2.13. The van der Waals surface area contributed by atoms with Gasteiger partial charge in [0.05, 0.1) is 13.2 Å². The zero-order valence-corrected chi connectivity index (χ0v) is 12.6. The van der Waals surface area contributed by atoms with E-state index in [2.05, 4.69) is 39.8 Å². The van der Waals surface area contributed by atoms with Crippen molar-refractivity contribution in [3.8, 4) is 11.8 Å². The lowest BCUT2D eigenvalue weighted by Crippen LogP contribution is -2.32. The van der Waals surface area contributed by atoms with E-state index in [1.54, 1.807) is 0 Å². The second kappa shape index (κ2) is 8.81. The van der Waals surface area contributed by atoms with Gasteiger partial charge in [0.2, 0.25) is 0 Å². The summed E-state index contributed by atoms with van der Waals surface area (Å²) in [5.74, 6) is 6.10. The van der Waals surface area contributed by atoms with Crippen LogP contribution in [0.5, 0.6) is 0 Å². The Labute approximate surface area is 127 Å². The van der Waals surface area contributed by atoms with Gasteiger partial charge in [-0.3, -0.25) is 9.80 Å². The van der Waals surface area contributed by atoms with Gasteiger partial charge in [-0.2, -0.15) is 0 Å². The molecule has 1 fully saturated rings. The predicted octanol–water partition coefficient (Wildman–Crippen LogP) is 0.497. The summed E-state index contributed by atoms with van der Waals surface area (Å²) < 4.78 is 0. The zero-order chi connectivity index (χ0) is 14.9. The van der Waals surface area contributed by atoms with E-state index in [-0.39, 0.29) is 6.61 Å². The van der Waals surface area contributed by atoms with Gasteiger partial charge < -0.3 is 10.8 Å². The maximum absolute atomic E-state index is 9.05. The molecule has 1 aromatic carbocycles. The number of benzene rings is 1. The fraction of sp³-hybridized carbons (Fsp3) is 0.529. The molecular formula is C17H25N3O. The largest absolute Gasteiger partial charge is 0.395 e. The highest BCUT2D eigenvalue weighted by molar-refractivity contribution is 5.41. The predicted molar refractivity (Wildman–Crippen MR) is 85.8 cm³/mol. The molecule has 4 heteroatoms. The van der Waals surface area contributed by atoms with Gasteiger partial charge in [-0.05, 0) is 31.1 Å². The van der Waals surface area contributed by atoms with Crippen LogP contribution in [0.15, 0.2) is 24.3 Å². The lowest BCUT2D eigenvalue weighted by atomic mass is 10.1. The minimum Gasteiger partial charge on any atom is -0.395 e. The zero-order valence-electron chi connectivity index (χ0n) is 12.6. The summed E-state index contributed by atoms with van der Waals surface area (Å²) in [7, 11) is 0. The van der Waals surface area contributed by atoms with E-state index in [0.717, 1.165) is 51.3 Å². The van der Waals surface area contributed by atoms with Gasteiger partial charge >= 0.3 is 0 Å². The van der Waals surface area contributed by atoms with Crippen LogP contribution in [0.3, 0.4) is 0 Å². The van der Waals surface area contributed by atoms with Crippen LogP contribution in [0, 0.1) is 11.8 Å². The Hall–Kier alpha value is -1.38. The molecule has 1 aromatic rings. The van der Waals surface area contributed by atoms with Crippen molar-refractivity contribution < 1.29 is 5.11 Å². The summed E-state index contributed by atoms with van der Waals surface area (Å²) >= 11 is 0. The Bertz CT molecular complexity index is 492. The summed E-state index contributed by atoms with van der Waals surface area (Å²) in [4.78, 5) is 4.81. The van der Waals surface area contributed by atoms with Crippen LogP contribution in [0.4, 0.5) is 0 Å². The molecule has 1 heterocycles. The topological polar surface area (TPSA) is 52.7 Å². The fourth-order valence-electron chi connectivity index (χ4n) is 2.71. The van der Waals surface area contributed by atoms with Crippen LogP contribution in [-0.2, 0) is 6.54 Å². The molecule has 0 atom stereocenters. The van der Waals surface area contributed by atoms with Crippen molar-refractivity contribution in [2.75, 3.05) is 45.9 Å². The van der Waals surface area contributed by atoms with Crippen molar-refractivity contribution in [1.29, 1.82) is 0 Å². The van der Waals surface area contributed by atoms with E-state index >= 15 is 0 Å². The highest BCUT2D eigenvalue weighted by Gasteiger charge is 2.15. The lowest BCUT2D eigenvalue weighted by molar-refractivity contribution is 0.196. The van der Waals surface area contributed by atoms with E-state index in [0.29, 0.717) is 6.54 Å². The minimum absolute atomic E-state index is 0.248. The molecule has 2 rings (SSSR count). The quantitative estimate of drug-likeness (QED) is 0.792. The molecule has 0 saturated carbocycles. The molecule has 0 bridgehead atoms. The first-order valence-electron chi connectivity index (χ1n) is 7.66. The Morgan fingerprint density at radius 2 is 1.86 bits per heavy atom. The summed E-state index contributed by atoms with van der Waals surface area (Å²) in [6.07, 6.45) is 1.15. The molecular weight excluding hydrogens is 262 g/mol. The standard InChI is InChI=1S/C17H25N3O/c18-8-3-7-16-5-1-2-6-17(16)15-20-10-4-9-19(11-12-20)13-14-21/h1-2,5-6,21H,4,8-15,18H2. The average molecular weight is 287 g/mol. The Kier molecular flexibility index (Phi) is 6.71. The van der Waals surface area contributed by atoms with Crippen LogP contribution < -0.4 is 5.73 Å². The first-order chi connectivity index (χ1) is 10.3. The van der Waals surface area contributed by atoms with Gasteiger partial charge in [0.25, 0.3) is 0 Å². The smallest absolute Gasteiger partial charge is 0.0558 e. The maximum Gasteiger partial charge on any atom is 0.0558 e. The molecule has 4 nitrogen and oxygen atoms in total. The lowest BCUT2D eigenvalue weighted by Gasteiger charge is -2.21. The van der Waals surface area contributed by atoms with Crippen molar-refractivity contribution in [3.05, 3.63) is 35.4 Å². The first-order valence-corrected chi connectivity index (χ1v) is 7.66. The molecule has 114 valence electrons. The van der Waals surface area contributed by atoms with Crippen molar-refractivity contribution in [1.82, 2.24) is 9.80 Å². The number of hydrogen-bond donors (Lipinski definition) is 2. The molecule has 0 spiro atoms. The van der Waals surface area contributed by atoms with Crippen molar-refractivity contribution in [2.24, 2.45) is 5.73 Å². The molecule has 0 unspecified atom stereocenters. The monoisotopic (exact) mass is 287 g/mol. The molecule has 1 aliphatic rings. The Balaban J connectivity index is 1.98. The number of hydrogen-bond acceptors (Lipinski definition) is 4. The normalized spacial score (nSPS) is 17.0. The number of nitrogens with two attached hydrogens (primary N) is 1. The van der Waals surface area contributed by atoms with Gasteiger partial charge in [-0.1, -0.05) is 30.0 Å². The maximum atomic E-state index is 9.05. The molecule has 1 aliphatic heterocycles. The number of aliphatic hydroxyl groups is 1. The minimum atomic E-state index is 0.248. The SMILES string of the molecule is NCC#Cc1ccccc1CN1CCCN(CCO)CC1. The summed E-state index contributed by atoms with van der Waals surface area (Å²) in [6.45, 7) is 6.60. The Morgan fingerprint density at radius 3 is 2.67 bits per heavy atom.